The highest BCUT2D eigenvalue weighted by molar-refractivity contribution is 5.76. The van der Waals surface area contributed by atoms with Gasteiger partial charge in [-0.25, -0.2) is 0 Å². The molecule has 0 saturated carbocycles. The van der Waals surface area contributed by atoms with Crippen LogP contribution in [0.4, 0.5) is 0 Å². The lowest BCUT2D eigenvalue weighted by Gasteiger charge is -2.50. The highest BCUT2D eigenvalue weighted by Crippen LogP contribution is 2.37. The van der Waals surface area contributed by atoms with Crippen molar-refractivity contribution in [1.82, 2.24) is 19.6 Å². The molecule has 178 valence electrons. The van der Waals surface area contributed by atoms with E-state index in [0.717, 1.165) is 65.0 Å². The van der Waals surface area contributed by atoms with Gasteiger partial charge in [-0.3, -0.25) is 14.6 Å². The summed E-state index contributed by atoms with van der Waals surface area (Å²) in [5, 5.41) is 0. The van der Waals surface area contributed by atoms with Gasteiger partial charge in [-0.1, -0.05) is 6.92 Å². The van der Waals surface area contributed by atoms with E-state index in [2.05, 4.69) is 40.4 Å². The summed E-state index contributed by atoms with van der Waals surface area (Å²) in [7, 11) is 0. The third-order valence-electron chi connectivity index (χ3n) is 8.71. The van der Waals surface area contributed by atoms with Crippen LogP contribution in [0.15, 0.2) is 0 Å². The van der Waals surface area contributed by atoms with Crippen LogP contribution >= 0.6 is 0 Å². The first-order valence-electron chi connectivity index (χ1n) is 13.1. The molecule has 6 nitrogen and oxygen atoms in total. The zero-order chi connectivity index (χ0) is 21.8. The smallest absolute Gasteiger partial charge is 0.222 e. The van der Waals surface area contributed by atoms with Crippen LogP contribution in [0, 0.1) is 5.92 Å². The molecule has 0 aromatic rings. The Hall–Kier alpha value is -0.690. The van der Waals surface area contributed by atoms with Gasteiger partial charge in [-0.2, -0.15) is 0 Å². The molecule has 31 heavy (non-hydrogen) atoms. The lowest BCUT2D eigenvalue weighted by molar-refractivity contribution is -0.151. The minimum atomic E-state index is 0.0152. The molecule has 6 heteroatoms. The summed E-state index contributed by atoms with van der Waals surface area (Å²) in [6, 6.07) is 1.32. The van der Waals surface area contributed by atoms with Crippen molar-refractivity contribution in [2.45, 2.75) is 83.4 Å². The van der Waals surface area contributed by atoms with E-state index in [9.17, 15) is 4.79 Å². The van der Waals surface area contributed by atoms with Gasteiger partial charge in [0, 0.05) is 64.4 Å². The SMILES string of the molecule is CCN1CCC(CC(=O)N2CCC3(CC2)C[C@H](N2CCN(C(C)C)CC2)CCO3)CC1. The van der Waals surface area contributed by atoms with Crippen LogP contribution in [0.5, 0.6) is 0 Å². The van der Waals surface area contributed by atoms with Gasteiger partial charge in [0.1, 0.15) is 0 Å². The van der Waals surface area contributed by atoms with Gasteiger partial charge in [0.25, 0.3) is 0 Å². The molecule has 1 amide bonds. The maximum atomic E-state index is 12.9. The summed E-state index contributed by atoms with van der Waals surface area (Å²) < 4.78 is 6.41. The van der Waals surface area contributed by atoms with Gasteiger partial charge in [-0.05, 0) is 77.9 Å². The van der Waals surface area contributed by atoms with E-state index in [1.54, 1.807) is 0 Å². The van der Waals surface area contributed by atoms with E-state index in [-0.39, 0.29) is 5.60 Å². The Morgan fingerprint density at radius 1 is 0.968 bits per heavy atom. The van der Waals surface area contributed by atoms with Gasteiger partial charge in [0.15, 0.2) is 0 Å². The molecule has 4 fully saturated rings. The molecular weight excluding hydrogens is 388 g/mol. The lowest BCUT2D eigenvalue weighted by Crippen LogP contribution is -2.58. The van der Waals surface area contributed by atoms with Crippen LogP contribution in [0.25, 0.3) is 0 Å². The Bertz CT molecular complexity index is 574. The van der Waals surface area contributed by atoms with Crippen molar-refractivity contribution in [2.24, 2.45) is 5.92 Å². The molecular formula is C25H46N4O2. The summed E-state index contributed by atoms with van der Waals surface area (Å²) in [5.41, 5.74) is 0.0152. The number of ether oxygens (including phenoxy) is 1. The molecule has 0 radical (unpaired) electrons. The van der Waals surface area contributed by atoms with Crippen LogP contribution in [0.3, 0.4) is 0 Å². The first kappa shape index (κ1) is 23.5. The average molecular weight is 435 g/mol. The van der Waals surface area contributed by atoms with Gasteiger partial charge < -0.3 is 14.5 Å². The molecule has 0 N–H and O–H groups in total. The van der Waals surface area contributed by atoms with Crippen LogP contribution in [-0.2, 0) is 9.53 Å². The fraction of sp³-hybridized carbons (Fsp3) is 0.960. The Labute approximate surface area is 190 Å². The fourth-order valence-corrected chi connectivity index (χ4v) is 6.33. The van der Waals surface area contributed by atoms with Crippen molar-refractivity contribution >= 4 is 5.91 Å². The van der Waals surface area contributed by atoms with Crippen molar-refractivity contribution in [3.8, 4) is 0 Å². The van der Waals surface area contributed by atoms with Crippen molar-refractivity contribution in [3.05, 3.63) is 0 Å². The van der Waals surface area contributed by atoms with Crippen molar-refractivity contribution in [1.29, 1.82) is 0 Å². The van der Waals surface area contributed by atoms with E-state index in [4.69, 9.17) is 4.74 Å². The molecule has 4 aliphatic heterocycles. The summed E-state index contributed by atoms with van der Waals surface area (Å²) >= 11 is 0. The maximum absolute atomic E-state index is 12.9. The topological polar surface area (TPSA) is 39.3 Å². The summed E-state index contributed by atoms with van der Waals surface area (Å²) in [6.45, 7) is 17.8. The monoisotopic (exact) mass is 434 g/mol. The van der Waals surface area contributed by atoms with E-state index in [0.29, 0.717) is 23.9 Å². The molecule has 1 spiro atoms. The van der Waals surface area contributed by atoms with Crippen molar-refractivity contribution in [2.75, 3.05) is 65.5 Å². The van der Waals surface area contributed by atoms with Gasteiger partial charge in [0.2, 0.25) is 5.91 Å². The standard InChI is InChI=1S/C25H46N4O2/c1-4-26-10-5-22(6-11-26)19-24(30)29-12-8-25(9-13-29)20-23(7-18-31-25)28-16-14-27(15-17-28)21(2)3/h21-23H,4-20H2,1-3H3/t23-/m1/s1. The molecule has 1 atom stereocenters. The zero-order valence-corrected chi connectivity index (χ0v) is 20.4. The predicted molar refractivity (Wildman–Crippen MR) is 125 cm³/mol. The van der Waals surface area contributed by atoms with Gasteiger partial charge >= 0.3 is 0 Å². The normalized spacial score (nSPS) is 29.7. The lowest BCUT2D eigenvalue weighted by atomic mass is 9.81. The molecule has 0 aromatic heterocycles. The van der Waals surface area contributed by atoms with E-state index >= 15 is 0 Å². The molecule has 0 unspecified atom stereocenters. The number of piperidine rings is 2. The predicted octanol–water partition coefficient (Wildman–Crippen LogP) is 2.67. The van der Waals surface area contributed by atoms with Crippen LogP contribution in [0.1, 0.15) is 65.7 Å². The maximum Gasteiger partial charge on any atom is 0.222 e. The Morgan fingerprint density at radius 2 is 1.65 bits per heavy atom. The highest BCUT2D eigenvalue weighted by Gasteiger charge is 2.43. The second-order valence-corrected chi connectivity index (χ2v) is 10.8. The number of likely N-dealkylation sites (tertiary alicyclic amines) is 2. The molecule has 4 saturated heterocycles. The zero-order valence-electron chi connectivity index (χ0n) is 20.4. The van der Waals surface area contributed by atoms with Crippen LogP contribution in [0.2, 0.25) is 0 Å². The summed E-state index contributed by atoms with van der Waals surface area (Å²) in [4.78, 5) is 22.9. The summed E-state index contributed by atoms with van der Waals surface area (Å²) in [5.74, 6) is 0.980. The summed E-state index contributed by atoms with van der Waals surface area (Å²) in [6.07, 6.45) is 7.51. The first-order chi connectivity index (χ1) is 15.0. The Kier molecular flexibility index (Phi) is 7.95. The third-order valence-corrected chi connectivity index (χ3v) is 8.71. The van der Waals surface area contributed by atoms with Crippen LogP contribution < -0.4 is 0 Å². The quantitative estimate of drug-likeness (QED) is 0.665. The minimum absolute atomic E-state index is 0.0152. The Morgan fingerprint density at radius 3 is 2.26 bits per heavy atom. The fourth-order valence-electron chi connectivity index (χ4n) is 6.33. The minimum Gasteiger partial charge on any atom is -0.375 e. The number of hydrogen-bond donors (Lipinski definition) is 0. The van der Waals surface area contributed by atoms with E-state index < -0.39 is 0 Å². The number of rotatable bonds is 5. The number of amides is 1. The number of hydrogen-bond acceptors (Lipinski definition) is 5. The highest BCUT2D eigenvalue weighted by atomic mass is 16.5. The number of carbonyl (C=O) groups is 1. The first-order valence-corrected chi connectivity index (χ1v) is 13.1. The second-order valence-electron chi connectivity index (χ2n) is 10.8. The van der Waals surface area contributed by atoms with E-state index in [1.807, 2.05) is 0 Å². The molecule has 4 heterocycles. The van der Waals surface area contributed by atoms with Crippen molar-refractivity contribution in [3.63, 3.8) is 0 Å². The third kappa shape index (κ3) is 5.82. The molecule has 0 aliphatic carbocycles. The average Bonchev–Trinajstić information content (AvgIpc) is 2.80. The molecule has 0 aromatic carbocycles. The van der Waals surface area contributed by atoms with Gasteiger partial charge in [-0.15, -0.1) is 0 Å². The number of carbonyl (C=O) groups excluding carboxylic acids is 1. The van der Waals surface area contributed by atoms with Crippen molar-refractivity contribution < 1.29 is 9.53 Å². The van der Waals surface area contributed by atoms with Gasteiger partial charge in [0.05, 0.1) is 5.60 Å². The largest absolute Gasteiger partial charge is 0.375 e. The molecule has 4 aliphatic rings. The van der Waals surface area contributed by atoms with Crippen LogP contribution in [-0.4, -0.2) is 109 Å². The van der Waals surface area contributed by atoms with E-state index in [1.165, 1.54) is 45.4 Å². The second kappa shape index (κ2) is 10.5. The number of nitrogens with zero attached hydrogens (tertiary/aromatic N) is 4. The Balaban J connectivity index is 1.22. The molecule has 0 bridgehead atoms. The molecule has 4 rings (SSSR count). The number of piperazine rings is 1.